The average Bonchev–Trinajstić information content (AvgIpc) is 2.91. The van der Waals surface area contributed by atoms with Gasteiger partial charge in [-0.3, -0.25) is 0 Å². The molecule has 0 radical (unpaired) electrons. The zero-order valence-electron chi connectivity index (χ0n) is 23.1. The molecule has 1 aromatic heterocycles. The van der Waals surface area contributed by atoms with E-state index < -0.39 is 10.1 Å². The van der Waals surface area contributed by atoms with Gasteiger partial charge in [0.2, 0.25) is 5.52 Å². The van der Waals surface area contributed by atoms with Crippen LogP contribution in [-0.4, -0.2) is 31.8 Å². The molecule has 5 nitrogen and oxygen atoms in total. The zero-order chi connectivity index (χ0) is 27.2. The fourth-order valence-electron chi connectivity index (χ4n) is 4.87. The highest BCUT2D eigenvalue weighted by Gasteiger charge is 2.12. The summed E-state index contributed by atoms with van der Waals surface area (Å²) in [5.41, 5.74) is 4.59. The minimum Gasteiger partial charge on any atom is -0.748 e. The van der Waals surface area contributed by atoms with Crippen LogP contribution in [0.25, 0.3) is 23.1 Å². The molecule has 0 aliphatic heterocycles. The smallest absolute Gasteiger partial charge is 0.213 e. The quantitative estimate of drug-likeness (QED) is 0.104. The van der Waals surface area contributed by atoms with E-state index >= 15 is 0 Å². The Morgan fingerprint density at radius 3 is 2.08 bits per heavy atom. The van der Waals surface area contributed by atoms with Crippen LogP contribution in [0.15, 0.2) is 60.8 Å². The second kappa shape index (κ2) is 15.6. The maximum atomic E-state index is 11.0. The maximum Gasteiger partial charge on any atom is 0.213 e. The number of aryl methyl sites for hydroxylation is 1. The number of nitrogens with zero attached hydrogens (tertiary/aromatic N) is 2. The van der Waals surface area contributed by atoms with Gasteiger partial charge in [-0.1, -0.05) is 88.8 Å². The van der Waals surface area contributed by atoms with Crippen molar-refractivity contribution in [2.45, 2.75) is 78.2 Å². The summed E-state index contributed by atoms with van der Waals surface area (Å²) in [6, 6.07) is 19.0. The molecule has 2 aromatic carbocycles. The molecule has 1 heterocycles. The third kappa shape index (κ3) is 9.88. The summed E-state index contributed by atoms with van der Waals surface area (Å²) in [4.78, 5) is 2.56. The molecule has 0 unspecified atom stereocenters. The van der Waals surface area contributed by atoms with E-state index in [9.17, 15) is 13.0 Å². The summed E-state index contributed by atoms with van der Waals surface area (Å²) in [5.74, 6) is -0.346. The monoisotopic (exact) mass is 536 g/mol. The maximum absolute atomic E-state index is 11.0. The van der Waals surface area contributed by atoms with E-state index in [4.69, 9.17) is 0 Å². The molecule has 0 amide bonds. The van der Waals surface area contributed by atoms with Gasteiger partial charge in [0.25, 0.3) is 0 Å². The lowest BCUT2D eigenvalue weighted by Crippen LogP contribution is -2.35. The van der Waals surface area contributed by atoms with Gasteiger partial charge >= 0.3 is 0 Å². The lowest BCUT2D eigenvalue weighted by Gasteiger charge is -2.25. The van der Waals surface area contributed by atoms with Gasteiger partial charge in [0, 0.05) is 43.1 Å². The normalized spacial score (nSPS) is 12.0. The molecule has 0 atom stereocenters. The third-order valence-electron chi connectivity index (χ3n) is 7.03. The van der Waals surface area contributed by atoms with Gasteiger partial charge in [-0.2, -0.15) is 4.57 Å². The minimum atomic E-state index is -4.20. The molecular weight excluding hydrogens is 492 g/mol. The number of rotatable bonds is 17. The van der Waals surface area contributed by atoms with Gasteiger partial charge in [-0.05, 0) is 42.2 Å². The number of aromatic nitrogens is 1. The van der Waals surface area contributed by atoms with Crippen molar-refractivity contribution in [3.63, 3.8) is 0 Å². The first kappa shape index (κ1) is 29.9. The van der Waals surface area contributed by atoms with Gasteiger partial charge in [0.1, 0.15) is 6.54 Å². The Hall–Kier alpha value is -2.70. The fraction of sp³-hybridized carbons (Fsp3) is 0.469. The van der Waals surface area contributed by atoms with Gasteiger partial charge < -0.3 is 9.45 Å². The lowest BCUT2D eigenvalue weighted by atomic mass is 10.1. The Labute approximate surface area is 230 Å². The molecule has 0 aliphatic carbocycles. The highest BCUT2D eigenvalue weighted by atomic mass is 32.2. The van der Waals surface area contributed by atoms with E-state index in [1.54, 1.807) is 0 Å². The molecule has 3 rings (SSSR count). The van der Waals surface area contributed by atoms with Gasteiger partial charge in [-0.15, -0.1) is 0 Å². The van der Waals surface area contributed by atoms with Crippen LogP contribution in [0.5, 0.6) is 0 Å². The summed E-state index contributed by atoms with van der Waals surface area (Å²) < 4.78 is 35.0. The molecule has 38 heavy (non-hydrogen) atoms. The SMILES string of the molecule is CCCCCCN(CCCCCC)c1ccc(/C=C/c2cc[n+](CCCS(=O)(=O)[O-])c3ccccc23)cc1. The first-order valence-electron chi connectivity index (χ1n) is 14.3. The number of para-hydroxylation sites is 1. The van der Waals surface area contributed by atoms with Crippen LogP contribution in [0.4, 0.5) is 5.69 Å². The molecule has 3 aromatic rings. The zero-order valence-corrected chi connectivity index (χ0v) is 24.0. The van der Waals surface area contributed by atoms with Crippen molar-refractivity contribution >= 4 is 38.9 Å². The van der Waals surface area contributed by atoms with Gasteiger partial charge in [0.15, 0.2) is 6.20 Å². The minimum absolute atomic E-state index is 0.302. The molecule has 0 aliphatic rings. The number of hydrogen-bond donors (Lipinski definition) is 0. The highest BCUT2D eigenvalue weighted by molar-refractivity contribution is 7.85. The summed E-state index contributed by atoms with van der Waals surface area (Å²) >= 11 is 0. The molecular formula is C32H44N2O3S. The van der Waals surface area contributed by atoms with E-state index in [1.807, 2.05) is 35.0 Å². The standard InChI is InChI=1S/C32H44N2O3S/c1-3-5-7-11-23-33(24-12-8-6-4-2)30-20-17-28(18-21-30)16-19-29-22-26-34(25-13-27-38(35,36)37)32-15-10-9-14-31(29)32/h9-10,14-22,26H,3-8,11-13,23-25,27H2,1-2H3. The molecule has 206 valence electrons. The number of anilines is 1. The van der Waals surface area contributed by atoms with Crippen LogP contribution in [0.1, 0.15) is 82.8 Å². The molecule has 6 heteroatoms. The third-order valence-corrected chi connectivity index (χ3v) is 7.82. The van der Waals surface area contributed by atoms with Crippen LogP contribution in [0.3, 0.4) is 0 Å². The van der Waals surface area contributed by atoms with E-state index in [0.29, 0.717) is 13.0 Å². The average molecular weight is 537 g/mol. The second-order valence-electron chi connectivity index (χ2n) is 10.1. The fourth-order valence-corrected chi connectivity index (χ4v) is 5.35. The Kier molecular flexibility index (Phi) is 12.3. The summed E-state index contributed by atoms with van der Waals surface area (Å²) in [5, 5.41) is 1.10. The Bertz CT molecular complexity index is 1240. The van der Waals surface area contributed by atoms with Crippen LogP contribution >= 0.6 is 0 Å². The summed E-state index contributed by atoms with van der Waals surface area (Å²) in [6.07, 6.45) is 16.8. The van der Waals surface area contributed by atoms with Crippen molar-refractivity contribution in [2.75, 3.05) is 23.7 Å². The van der Waals surface area contributed by atoms with Crippen molar-refractivity contribution in [2.24, 2.45) is 0 Å². The molecule has 0 fully saturated rings. The van der Waals surface area contributed by atoms with E-state index in [0.717, 1.165) is 35.1 Å². The van der Waals surface area contributed by atoms with E-state index in [1.165, 1.54) is 57.1 Å². The van der Waals surface area contributed by atoms with E-state index in [2.05, 4.69) is 61.2 Å². The van der Waals surface area contributed by atoms with Crippen LogP contribution in [0, 0.1) is 0 Å². The van der Waals surface area contributed by atoms with Crippen LogP contribution in [-0.2, 0) is 16.7 Å². The molecule has 0 N–H and O–H groups in total. The number of unbranched alkanes of at least 4 members (excludes halogenated alkanes) is 6. The van der Waals surface area contributed by atoms with Crippen molar-refractivity contribution in [1.29, 1.82) is 0 Å². The first-order chi connectivity index (χ1) is 18.4. The predicted octanol–water partition coefficient (Wildman–Crippen LogP) is 7.20. The second-order valence-corrected chi connectivity index (χ2v) is 11.7. The number of hydrogen-bond acceptors (Lipinski definition) is 4. The number of fused-ring (bicyclic) bond motifs is 1. The van der Waals surface area contributed by atoms with Crippen molar-refractivity contribution < 1.29 is 17.5 Å². The van der Waals surface area contributed by atoms with Crippen molar-refractivity contribution in [3.8, 4) is 0 Å². The van der Waals surface area contributed by atoms with Crippen molar-refractivity contribution in [3.05, 3.63) is 71.9 Å². The summed E-state index contributed by atoms with van der Waals surface area (Å²) in [7, 11) is -4.20. The highest BCUT2D eigenvalue weighted by Crippen LogP contribution is 2.21. The van der Waals surface area contributed by atoms with Crippen LogP contribution < -0.4 is 9.47 Å². The van der Waals surface area contributed by atoms with Crippen molar-refractivity contribution in [1.82, 2.24) is 0 Å². The topological polar surface area (TPSA) is 64.3 Å². The number of pyridine rings is 1. The first-order valence-corrected chi connectivity index (χ1v) is 15.9. The van der Waals surface area contributed by atoms with Crippen LogP contribution in [0.2, 0.25) is 0 Å². The van der Waals surface area contributed by atoms with Gasteiger partial charge in [0.05, 0.1) is 15.5 Å². The Balaban J connectivity index is 1.71. The van der Waals surface area contributed by atoms with E-state index in [-0.39, 0.29) is 5.75 Å². The molecule has 0 bridgehead atoms. The predicted molar refractivity (Wildman–Crippen MR) is 159 cm³/mol. The lowest BCUT2D eigenvalue weighted by molar-refractivity contribution is -0.671. The molecule has 0 spiro atoms. The Morgan fingerprint density at radius 1 is 0.789 bits per heavy atom. The summed E-state index contributed by atoms with van der Waals surface area (Å²) in [6.45, 7) is 7.25. The molecule has 0 saturated heterocycles. The molecule has 0 saturated carbocycles. The largest absolute Gasteiger partial charge is 0.748 e. The Morgan fingerprint density at radius 2 is 1.45 bits per heavy atom. The number of benzene rings is 2. The van der Waals surface area contributed by atoms with Gasteiger partial charge in [-0.25, -0.2) is 8.42 Å².